The van der Waals surface area contributed by atoms with Crippen molar-refractivity contribution < 1.29 is 0 Å². The van der Waals surface area contributed by atoms with Crippen LogP contribution >= 0.6 is 101 Å². The first-order valence-electron chi connectivity index (χ1n) is 6.70. The molecule has 1 aromatic carbocycles. The molecule has 11 heteroatoms. The maximum absolute atomic E-state index is 5.91. The summed E-state index contributed by atoms with van der Waals surface area (Å²) in [4.78, 5) is 12.4. The summed E-state index contributed by atoms with van der Waals surface area (Å²) in [7, 11) is 0. The molecule has 0 radical (unpaired) electrons. The number of halogens is 8. The summed E-state index contributed by atoms with van der Waals surface area (Å²) in [5.41, 5.74) is 1.73. The second-order valence-corrected chi connectivity index (χ2v) is 11.6. The molecule has 25 heavy (non-hydrogen) atoms. The van der Waals surface area contributed by atoms with E-state index < -0.39 is 7.59 Å². The van der Waals surface area contributed by atoms with Crippen molar-refractivity contribution in [2.24, 2.45) is 0 Å². The molecule has 0 N–H and O–H groups in total. The minimum Gasteiger partial charge on any atom is -0.209 e. The van der Waals surface area contributed by atoms with Crippen molar-refractivity contribution in [2.75, 3.05) is 0 Å². The fourth-order valence-electron chi connectivity index (χ4n) is 1.88. The molecule has 0 amide bonds. The standard InChI is InChI=1S/C14H9Br2Cl6N3/c1-5(2)6-3-7(15)9(8(16)4-6)10-23-11(13(17,18)19)25-12(24-10)14(20,21)22/h3-5H,1-2H3. The zero-order valence-electron chi connectivity index (χ0n) is 12.6. The molecule has 1 heterocycles. The van der Waals surface area contributed by atoms with E-state index in [0.29, 0.717) is 11.5 Å². The van der Waals surface area contributed by atoms with Gasteiger partial charge in [0.2, 0.25) is 7.59 Å². The Labute approximate surface area is 192 Å². The van der Waals surface area contributed by atoms with Crippen LogP contribution < -0.4 is 0 Å². The van der Waals surface area contributed by atoms with Gasteiger partial charge in [0.15, 0.2) is 17.5 Å². The molecule has 0 unspecified atom stereocenters. The van der Waals surface area contributed by atoms with Crippen molar-refractivity contribution in [3.8, 4) is 11.4 Å². The highest BCUT2D eigenvalue weighted by molar-refractivity contribution is 9.11. The summed E-state index contributed by atoms with van der Waals surface area (Å²) in [5.74, 6) is 0.242. The molecule has 0 saturated carbocycles. The van der Waals surface area contributed by atoms with Gasteiger partial charge in [0.05, 0.1) is 0 Å². The number of alkyl halides is 6. The van der Waals surface area contributed by atoms with Crippen molar-refractivity contribution in [3.05, 3.63) is 38.3 Å². The van der Waals surface area contributed by atoms with Gasteiger partial charge in [-0.05, 0) is 55.5 Å². The fraction of sp³-hybridized carbons (Fsp3) is 0.357. The molecule has 0 aliphatic rings. The molecule has 0 aliphatic carbocycles. The van der Waals surface area contributed by atoms with Crippen LogP contribution in [-0.2, 0) is 7.59 Å². The minimum atomic E-state index is -1.90. The van der Waals surface area contributed by atoms with Gasteiger partial charge >= 0.3 is 0 Å². The van der Waals surface area contributed by atoms with Gasteiger partial charge in [0.1, 0.15) is 0 Å². The Kier molecular flexibility index (Phi) is 7.22. The van der Waals surface area contributed by atoms with Gasteiger partial charge in [-0.25, -0.2) is 15.0 Å². The van der Waals surface area contributed by atoms with Crippen LogP contribution in [0.4, 0.5) is 0 Å². The zero-order valence-corrected chi connectivity index (χ0v) is 20.3. The summed E-state index contributed by atoms with van der Waals surface area (Å²) >= 11 is 42.5. The average molecular weight is 592 g/mol. The molecule has 2 aromatic rings. The Morgan fingerprint density at radius 1 is 0.800 bits per heavy atom. The first-order valence-corrected chi connectivity index (χ1v) is 10.6. The summed E-state index contributed by atoms with van der Waals surface area (Å²) in [6.07, 6.45) is 0. The zero-order chi connectivity index (χ0) is 19.2. The Hall–Kier alpha value is 0.930. The minimum absolute atomic E-state index is 0.143. The predicted molar refractivity (Wildman–Crippen MR) is 113 cm³/mol. The lowest BCUT2D eigenvalue weighted by atomic mass is 10.0. The molecular formula is C14H9Br2Cl6N3. The Bertz CT molecular complexity index is 747. The largest absolute Gasteiger partial charge is 0.250 e. The van der Waals surface area contributed by atoms with Crippen molar-refractivity contribution >= 4 is 101 Å². The lowest BCUT2D eigenvalue weighted by Crippen LogP contribution is -2.17. The lowest BCUT2D eigenvalue weighted by molar-refractivity contribution is 0.847. The molecule has 1 aromatic heterocycles. The maximum atomic E-state index is 5.91. The van der Waals surface area contributed by atoms with Crippen LogP contribution in [0, 0.1) is 0 Å². The number of rotatable bonds is 2. The average Bonchev–Trinajstić information content (AvgIpc) is 2.44. The topological polar surface area (TPSA) is 38.7 Å². The van der Waals surface area contributed by atoms with E-state index in [4.69, 9.17) is 69.6 Å². The third-order valence-corrected chi connectivity index (χ3v) is 5.36. The second-order valence-electron chi connectivity index (χ2n) is 5.32. The Morgan fingerprint density at radius 2 is 1.20 bits per heavy atom. The number of aromatic nitrogens is 3. The molecule has 0 bridgehead atoms. The molecular weight excluding hydrogens is 583 g/mol. The highest BCUT2D eigenvalue weighted by Crippen LogP contribution is 2.42. The first-order chi connectivity index (χ1) is 11.3. The third kappa shape index (κ3) is 5.47. The van der Waals surface area contributed by atoms with Gasteiger partial charge in [-0.2, -0.15) is 0 Å². The van der Waals surface area contributed by atoms with Gasteiger partial charge in [-0.3, -0.25) is 0 Å². The number of nitrogens with zero attached hydrogens (tertiary/aromatic N) is 3. The summed E-state index contributed by atoms with van der Waals surface area (Å²) < 4.78 is -2.33. The van der Waals surface area contributed by atoms with Gasteiger partial charge in [-0.15, -0.1) is 0 Å². The van der Waals surface area contributed by atoms with Crippen LogP contribution in [0.3, 0.4) is 0 Å². The summed E-state index contributed by atoms with van der Waals surface area (Å²) in [6, 6.07) is 3.91. The van der Waals surface area contributed by atoms with E-state index in [1.807, 2.05) is 12.1 Å². The van der Waals surface area contributed by atoms with E-state index >= 15 is 0 Å². The van der Waals surface area contributed by atoms with Crippen molar-refractivity contribution in [1.82, 2.24) is 15.0 Å². The SMILES string of the molecule is CC(C)c1cc(Br)c(-c2nc(C(Cl)(Cl)Cl)nc(C(Cl)(Cl)Cl)n2)c(Br)c1. The van der Waals surface area contributed by atoms with Gasteiger partial charge in [-0.1, -0.05) is 83.5 Å². The lowest BCUT2D eigenvalue weighted by Gasteiger charge is -2.17. The number of hydrogen-bond acceptors (Lipinski definition) is 3. The maximum Gasteiger partial charge on any atom is 0.250 e. The third-order valence-electron chi connectivity index (χ3n) is 3.10. The molecule has 0 saturated heterocycles. The smallest absolute Gasteiger partial charge is 0.209 e. The van der Waals surface area contributed by atoms with E-state index in [0.717, 1.165) is 14.5 Å². The Balaban J connectivity index is 2.75. The Morgan fingerprint density at radius 3 is 1.52 bits per heavy atom. The van der Waals surface area contributed by atoms with E-state index in [1.54, 1.807) is 0 Å². The first kappa shape index (κ1) is 22.2. The molecule has 0 aliphatic heterocycles. The molecule has 0 fully saturated rings. The van der Waals surface area contributed by atoms with E-state index in [-0.39, 0.29) is 17.5 Å². The van der Waals surface area contributed by atoms with E-state index in [1.165, 1.54) is 0 Å². The van der Waals surface area contributed by atoms with Gasteiger partial charge in [0, 0.05) is 14.5 Å². The molecule has 0 spiro atoms. The molecule has 3 nitrogen and oxygen atoms in total. The van der Waals surface area contributed by atoms with Crippen LogP contribution in [0.2, 0.25) is 0 Å². The van der Waals surface area contributed by atoms with E-state index in [2.05, 4.69) is 60.7 Å². The summed E-state index contributed by atoms with van der Waals surface area (Å²) in [6.45, 7) is 4.16. The highest BCUT2D eigenvalue weighted by Gasteiger charge is 2.34. The van der Waals surface area contributed by atoms with Crippen LogP contribution in [-0.4, -0.2) is 15.0 Å². The molecule has 2 rings (SSSR count). The van der Waals surface area contributed by atoms with E-state index in [9.17, 15) is 0 Å². The van der Waals surface area contributed by atoms with Gasteiger partial charge < -0.3 is 0 Å². The highest BCUT2D eigenvalue weighted by atomic mass is 79.9. The normalized spacial score (nSPS) is 12.8. The van der Waals surface area contributed by atoms with Crippen molar-refractivity contribution in [2.45, 2.75) is 27.4 Å². The number of hydrogen-bond donors (Lipinski definition) is 0. The summed E-state index contributed by atoms with van der Waals surface area (Å²) in [5, 5.41) is 0. The van der Waals surface area contributed by atoms with Crippen LogP contribution in [0.1, 0.15) is 37.0 Å². The second kappa shape index (κ2) is 8.12. The fourth-order valence-corrected chi connectivity index (χ4v) is 3.96. The van der Waals surface area contributed by atoms with Crippen molar-refractivity contribution in [3.63, 3.8) is 0 Å². The van der Waals surface area contributed by atoms with Crippen LogP contribution in [0.15, 0.2) is 21.1 Å². The van der Waals surface area contributed by atoms with Crippen molar-refractivity contribution in [1.29, 1.82) is 0 Å². The molecule has 136 valence electrons. The monoisotopic (exact) mass is 587 g/mol. The molecule has 0 atom stereocenters. The van der Waals surface area contributed by atoms with Gasteiger partial charge in [0.25, 0.3) is 0 Å². The number of benzene rings is 1. The quantitative estimate of drug-likeness (QED) is 0.334. The predicted octanol–water partition coefficient (Wildman–Crippen LogP) is 7.84. The van der Waals surface area contributed by atoms with Crippen LogP contribution in [0.25, 0.3) is 11.4 Å². The van der Waals surface area contributed by atoms with Crippen LogP contribution in [0.5, 0.6) is 0 Å².